The van der Waals surface area contributed by atoms with Crippen LogP contribution < -0.4 is 4.90 Å². The highest BCUT2D eigenvalue weighted by Crippen LogP contribution is 2.34. The van der Waals surface area contributed by atoms with Crippen LogP contribution in [0.2, 0.25) is 0 Å². The Morgan fingerprint density at radius 3 is 2.84 bits per heavy atom. The Morgan fingerprint density at radius 2 is 2.21 bits per heavy atom. The first-order valence-electron chi connectivity index (χ1n) is 6.63. The summed E-state index contributed by atoms with van der Waals surface area (Å²) in [6, 6.07) is 10.5. The number of aryl methyl sites for hydroxylation is 1. The molecule has 0 aliphatic heterocycles. The van der Waals surface area contributed by atoms with Gasteiger partial charge in [0.1, 0.15) is 5.76 Å². The van der Waals surface area contributed by atoms with E-state index >= 15 is 0 Å². The van der Waals surface area contributed by atoms with E-state index in [4.69, 9.17) is 4.42 Å². The summed E-state index contributed by atoms with van der Waals surface area (Å²) < 4.78 is 5.43. The molecule has 0 saturated heterocycles. The minimum atomic E-state index is 0.534. The Bertz CT molecular complexity index is 570. The lowest BCUT2D eigenvalue weighted by Crippen LogP contribution is -2.25. The van der Waals surface area contributed by atoms with E-state index < -0.39 is 0 Å². The number of hydrogen-bond donors (Lipinski definition) is 0. The molecule has 0 radical (unpaired) electrons. The van der Waals surface area contributed by atoms with Crippen molar-refractivity contribution >= 4 is 12.0 Å². The van der Waals surface area contributed by atoms with E-state index in [-0.39, 0.29) is 0 Å². The predicted molar refractivity (Wildman–Crippen MR) is 74.5 cm³/mol. The molecule has 0 bridgehead atoms. The maximum atomic E-state index is 11.3. The molecule has 1 saturated carbocycles. The molecule has 1 aromatic heterocycles. The highest BCUT2D eigenvalue weighted by atomic mass is 16.3. The predicted octanol–water partition coefficient (Wildman–Crippen LogP) is 3.57. The van der Waals surface area contributed by atoms with Crippen LogP contribution in [0.15, 0.2) is 41.0 Å². The molecule has 1 aliphatic rings. The number of furan rings is 1. The molecule has 1 aliphatic carbocycles. The molecule has 0 amide bonds. The average Bonchev–Trinajstić information content (AvgIpc) is 3.13. The van der Waals surface area contributed by atoms with E-state index in [1.807, 2.05) is 31.2 Å². The van der Waals surface area contributed by atoms with Crippen LogP contribution in [0.5, 0.6) is 0 Å². The molecule has 98 valence electrons. The van der Waals surface area contributed by atoms with E-state index in [1.54, 1.807) is 6.26 Å². The number of rotatable bonds is 5. The van der Waals surface area contributed by atoms with Gasteiger partial charge in [0.05, 0.1) is 12.8 Å². The van der Waals surface area contributed by atoms with Gasteiger partial charge in [-0.2, -0.15) is 0 Å². The molecular formula is C16H17NO2. The lowest BCUT2D eigenvalue weighted by Gasteiger charge is -2.25. The van der Waals surface area contributed by atoms with Crippen LogP contribution in [-0.2, 0) is 6.54 Å². The third-order valence-corrected chi connectivity index (χ3v) is 3.51. The molecular weight excluding hydrogens is 238 g/mol. The highest BCUT2D eigenvalue weighted by molar-refractivity contribution is 5.85. The zero-order chi connectivity index (χ0) is 13.2. The van der Waals surface area contributed by atoms with Crippen LogP contribution in [0, 0.1) is 6.92 Å². The minimum absolute atomic E-state index is 0.534. The lowest BCUT2D eigenvalue weighted by molar-refractivity contribution is 0.112. The Labute approximate surface area is 112 Å². The zero-order valence-corrected chi connectivity index (χ0v) is 11.0. The number of carbonyl (C=O) groups excluding carboxylic acids is 1. The molecule has 1 heterocycles. The molecule has 3 heteroatoms. The van der Waals surface area contributed by atoms with E-state index in [9.17, 15) is 4.79 Å². The third-order valence-electron chi connectivity index (χ3n) is 3.51. The van der Waals surface area contributed by atoms with E-state index in [2.05, 4.69) is 11.0 Å². The smallest absolute Gasteiger partial charge is 0.152 e. The van der Waals surface area contributed by atoms with Crippen molar-refractivity contribution in [3.05, 3.63) is 53.5 Å². The molecule has 2 aromatic rings. The first kappa shape index (κ1) is 12.0. The number of aldehydes is 1. The van der Waals surface area contributed by atoms with Gasteiger partial charge < -0.3 is 9.32 Å². The summed E-state index contributed by atoms with van der Waals surface area (Å²) >= 11 is 0. The Morgan fingerprint density at radius 1 is 1.37 bits per heavy atom. The molecule has 1 aromatic carbocycles. The summed E-state index contributed by atoms with van der Waals surface area (Å²) in [5.74, 6) is 0.935. The van der Waals surface area contributed by atoms with Crippen molar-refractivity contribution in [2.45, 2.75) is 32.4 Å². The normalized spacial score (nSPS) is 14.4. The maximum absolute atomic E-state index is 11.3. The Hall–Kier alpha value is -2.03. The molecule has 0 N–H and O–H groups in total. The van der Waals surface area contributed by atoms with Crippen LogP contribution in [0.25, 0.3) is 0 Å². The second-order valence-corrected chi connectivity index (χ2v) is 5.12. The molecule has 1 fully saturated rings. The number of benzene rings is 1. The van der Waals surface area contributed by atoms with Crippen LogP contribution in [0.4, 0.5) is 5.69 Å². The molecule has 3 nitrogen and oxygen atoms in total. The Balaban J connectivity index is 1.93. The monoisotopic (exact) mass is 255 g/mol. The van der Waals surface area contributed by atoms with Crippen LogP contribution in [0.3, 0.4) is 0 Å². The van der Waals surface area contributed by atoms with Crippen molar-refractivity contribution in [1.29, 1.82) is 0 Å². The van der Waals surface area contributed by atoms with Gasteiger partial charge >= 0.3 is 0 Å². The van der Waals surface area contributed by atoms with E-state index in [1.165, 1.54) is 12.8 Å². The fraction of sp³-hybridized carbons (Fsp3) is 0.312. The molecule has 0 spiro atoms. The molecule has 0 atom stereocenters. The van der Waals surface area contributed by atoms with E-state index in [0.29, 0.717) is 6.04 Å². The standard InChI is InChI=1S/C16H17NO2/c1-12-4-7-16(13(9-12)11-18)17(14-5-6-14)10-15-3-2-8-19-15/h2-4,7-9,11,14H,5-6,10H2,1H3. The van der Waals surface area contributed by atoms with Crippen molar-refractivity contribution < 1.29 is 9.21 Å². The molecule has 3 rings (SSSR count). The first-order valence-corrected chi connectivity index (χ1v) is 6.63. The maximum Gasteiger partial charge on any atom is 0.152 e. The first-order chi connectivity index (χ1) is 9.28. The topological polar surface area (TPSA) is 33.5 Å². The summed E-state index contributed by atoms with van der Waals surface area (Å²) in [5.41, 5.74) is 2.89. The lowest BCUT2D eigenvalue weighted by atomic mass is 10.1. The zero-order valence-electron chi connectivity index (χ0n) is 11.0. The number of hydrogen-bond acceptors (Lipinski definition) is 3. The quantitative estimate of drug-likeness (QED) is 0.766. The molecule has 19 heavy (non-hydrogen) atoms. The van der Waals surface area contributed by atoms with Crippen molar-refractivity contribution in [2.75, 3.05) is 4.90 Å². The van der Waals surface area contributed by atoms with Crippen LogP contribution in [-0.4, -0.2) is 12.3 Å². The van der Waals surface area contributed by atoms with Crippen LogP contribution >= 0.6 is 0 Å². The Kier molecular flexibility index (Phi) is 3.11. The minimum Gasteiger partial charge on any atom is -0.467 e. The number of nitrogens with zero attached hydrogens (tertiary/aromatic N) is 1. The van der Waals surface area contributed by atoms with Crippen molar-refractivity contribution in [2.24, 2.45) is 0 Å². The van der Waals surface area contributed by atoms with Gasteiger partial charge in [0, 0.05) is 17.3 Å². The fourth-order valence-electron chi connectivity index (χ4n) is 2.40. The van der Waals surface area contributed by atoms with Gasteiger partial charge in [-0.1, -0.05) is 11.6 Å². The summed E-state index contributed by atoms with van der Waals surface area (Å²) in [7, 11) is 0. The third kappa shape index (κ3) is 2.55. The van der Waals surface area contributed by atoms with E-state index in [0.717, 1.165) is 35.4 Å². The van der Waals surface area contributed by atoms with Gasteiger partial charge in [0.2, 0.25) is 0 Å². The highest BCUT2D eigenvalue weighted by Gasteiger charge is 2.31. The summed E-state index contributed by atoms with van der Waals surface area (Å²) in [6.45, 7) is 2.73. The molecule has 0 unspecified atom stereocenters. The average molecular weight is 255 g/mol. The largest absolute Gasteiger partial charge is 0.467 e. The van der Waals surface area contributed by atoms with Gasteiger partial charge in [-0.05, 0) is 44.0 Å². The number of carbonyl (C=O) groups is 1. The van der Waals surface area contributed by atoms with Crippen molar-refractivity contribution in [3.63, 3.8) is 0 Å². The fourth-order valence-corrected chi connectivity index (χ4v) is 2.40. The second-order valence-electron chi connectivity index (χ2n) is 5.12. The summed E-state index contributed by atoms with van der Waals surface area (Å²) in [6.07, 6.45) is 5.01. The second kappa shape index (κ2) is 4.92. The summed E-state index contributed by atoms with van der Waals surface area (Å²) in [4.78, 5) is 13.6. The van der Waals surface area contributed by atoms with Gasteiger partial charge in [-0.25, -0.2) is 0 Å². The SMILES string of the molecule is Cc1ccc(N(Cc2ccco2)C2CC2)c(C=O)c1. The summed E-state index contributed by atoms with van der Waals surface area (Å²) in [5, 5.41) is 0. The van der Waals surface area contributed by atoms with Gasteiger partial charge in [0.25, 0.3) is 0 Å². The van der Waals surface area contributed by atoms with Crippen molar-refractivity contribution in [1.82, 2.24) is 0 Å². The van der Waals surface area contributed by atoms with Gasteiger partial charge in [-0.3, -0.25) is 4.79 Å². The van der Waals surface area contributed by atoms with Crippen molar-refractivity contribution in [3.8, 4) is 0 Å². The van der Waals surface area contributed by atoms with Gasteiger partial charge in [-0.15, -0.1) is 0 Å². The van der Waals surface area contributed by atoms with Gasteiger partial charge in [0.15, 0.2) is 6.29 Å². The number of anilines is 1. The van der Waals surface area contributed by atoms with Crippen LogP contribution in [0.1, 0.15) is 34.5 Å².